The monoisotopic (exact) mass is 544 g/mol. The molecule has 0 aromatic heterocycles. The molecule has 7 nitrogen and oxygen atoms in total. The minimum absolute atomic E-state index is 0.0994. The molecule has 2 aromatic carbocycles. The van der Waals surface area contributed by atoms with Crippen molar-refractivity contribution in [1.29, 1.82) is 0 Å². The summed E-state index contributed by atoms with van der Waals surface area (Å²) in [4.78, 5) is 40.2. The van der Waals surface area contributed by atoms with Crippen molar-refractivity contribution in [3.63, 3.8) is 0 Å². The lowest BCUT2D eigenvalue weighted by Crippen LogP contribution is -2.65. The van der Waals surface area contributed by atoms with Gasteiger partial charge < -0.3 is 14.8 Å². The van der Waals surface area contributed by atoms with Gasteiger partial charge in [0.15, 0.2) is 0 Å². The topological polar surface area (TPSA) is 84.9 Å². The van der Waals surface area contributed by atoms with Gasteiger partial charge in [0.2, 0.25) is 11.6 Å². The van der Waals surface area contributed by atoms with E-state index in [0.717, 1.165) is 11.1 Å². The van der Waals surface area contributed by atoms with Gasteiger partial charge in [0.1, 0.15) is 17.2 Å². The van der Waals surface area contributed by atoms with Gasteiger partial charge in [-0.3, -0.25) is 9.69 Å². The molecule has 0 radical (unpaired) electrons. The third-order valence-electron chi connectivity index (χ3n) is 6.65. The van der Waals surface area contributed by atoms with Crippen LogP contribution in [0.25, 0.3) is 0 Å². The number of likely N-dealkylation sites (tertiary alicyclic amines) is 1. The zero-order valence-electron chi connectivity index (χ0n) is 23.1. The maximum absolute atomic E-state index is 13.5. The van der Waals surface area contributed by atoms with Gasteiger partial charge in [-0.15, -0.1) is 0 Å². The maximum atomic E-state index is 13.5. The van der Waals surface area contributed by atoms with Crippen molar-refractivity contribution < 1.29 is 32.6 Å². The number of amides is 2. The number of unbranched alkanes of at least 4 members (excludes halogenated alkanes) is 1. The molecule has 0 bridgehead atoms. The molecule has 1 saturated heterocycles. The Balaban J connectivity index is 1.66. The summed E-state index contributed by atoms with van der Waals surface area (Å²) in [5.74, 6) is -1.84. The summed E-state index contributed by atoms with van der Waals surface area (Å²) in [6.45, 7) is 7.22. The number of halogens is 2. The minimum atomic E-state index is -1.61. The predicted molar refractivity (Wildman–Crippen MR) is 143 cm³/mol. The van der Waals surface area contributed by atoms with Crippen LogP contribution in [0.5, 0.6) is 0 Å². The second kappa shape index (κ2) is 13.0. The van der Waals surface area contributed by atoms with Crippen LogP contribution < -0.4 is 5.32 Å². The largest absolute Gasteiger partial charge is 0.463 e. The van der Waals surface area contributed by atoms with Crippen LogP contribution in [0.15, 0.2) is 48.5 Å². The van der Waals surface area contributed by atoms with Crippen LogP contribution in [0.3, 0.4) is 0 Å². The van der Waals surface area contributed by atoms with E-state index >= 15 is 0 Å². The number of ether oxygens (including phenoxy) is 2. The van der Waals surface area contributed by atoms with E-state index in [9.17, 15) is 23.2 Å². The maximum Gasteiger partial charge on any atom is 0.412 e. The van der Waals surface area contributed by atoms with Crippen LogP contribution in [0.2, 0.25) is 0 Å². The number of hydrogen-bond acceptors (Lipinski definition) is 5. The molecule has 1 heterocycles. The van der Waals surface area contributed by atoms with Crippen molar-refractivity contribution in [1.82, 2.24) is 10.2 Å². The Bertz CT molecular complexity index is 1090. The van der Waals surface area contributed by atoms with Gasteiger partial charge in [0.25, 0.3) is 0 Å². The number of benzene rings is 2. The van der Waals surface area contributed by atoms with E-state index in [1.165, 1.54) is 29.2 Å². The summed E-state index contributed by atoms with van der Waals surface area (Å²) in [7, 11) is 0. The summed E-state index contributed by atoms with van der Waals surface area (Å²) in [5, 5.41) is 2.79. The first-order valence-corrected chi connectivity index (χ1v) is 13.4. The Kier molecular flexibility index (Phi) is 10.1. The van der Waals surface area contributed by atoms with Gasteiger partial charge in [-0.1, -0.05) is 30.7 Å². The van der Waals surface area contributed by atoms with Crippen molar-refractivity contribution in [2.24, 2.45) is 0 Å². The number of carbonyl (C=O) groups is 3. The van der Waals surface area contributed by atoms with Gasteiger partial charge in [-0.05, 0) is 82.3 Å². The average Bonchev–Trinajstić information content (AvgIpc) is 3.29. The fraction of sp³-hybridized carbons (Fsp3) is 0.500. The molecule has 39 heavy (non-hydrogen) atoms. The molecule has 1 aliphatic heterocycles. The lowest BCUT2D eigenvalue weighted by Gasteiger charge is -2.37. The quantitative estimate of drug-likeness (QED) is 0.290. The zero-order valence-corrected chi connectivity index (χ0v) is 23.1. The normalized spacial score (nSPS) is 17.3. The summed E-state index contributed by atoms with van der Waals surface area (Å²) in [5.41, 5.74) is -0.587. The standard InChI is InChI=1S/C30H38F2N2O5/c1-5-38-27(36)30(19-8-20-34(30)28(37)39-29(2,3)4)33-26(35)10-7-6-9-25(21-11-15-23(31)16-12-21)22-13-17-24(32)18-14-22/h11-18,25H,5-10,19-20H2,1-4H3,(H,33,35)/t30-/m0/s1. The van der Waals surface area contributed by atoms with Gasteiger partial charge >= 0.3 is 12.1 Å². The number of nitrogens with zero attached hydrogens (tertiary/aromatic N) is 1. The molecule has 0 aliphatic carbocycles. The van der Waals surface area contributed by atoms with Gasteiger partial charge in [-0.25, -0.2) is 18.4 Å². The third-order valence-corrected chi connectivity index (χ3v) is 6.65. The lowest BCUT2D eigenvalue weighted by molar-refractivity contribution is -0.160. The van der Waals surface area contributed by atoms with Gasteiger partial charge in [0.05, 0.1) is 6.61 Å². The molecule has 1 atom stereocenters. The SMILES string of the molecule is CCOC(=O)[C@]1(NC(=O)CCCCC(c2ccc(F)cc2)c2ccc(F)cc2)CCCN1C(=O)OC(C)(C)C. The molecule has 212 valence electrons. The summed E-state index contributed by atoms with van der Waals surface area (Å²) >= 11 is 0. The molecule has 2 amide bonds. The average molecular weight is 545 g/mol. The van der Waals surface area contributed by atoms with E-state index in [1.807, 2.05) is 0 Å². The molecular formula is C30H38F2N2O5. The minimum Gasteiger partial charge on any atom is -0.463 e. The van der Waals surface area contributed by atoms with Crippen molar-refractivity contribution in [3.05, 3.63) is 71.3 Å². The van der Waals surface area contributed by atoms with E-state index < -0.39 is 23.3 Å². The number of nitrogens with one attached hydrogen (secondary N) is 1. The van der Waals surface area contributed by atoms with Crippen LogP contribution in [-0.4, -0.2) is 47.3 Å². The molecule has 0 spiro atoms. The third kappa shape index (κ3) is 8.00. The first-order valence-electron chi connectivity index (χ1n) is 13.4. The van der Waals surface area contributed by atoms with E-state index in [0.29, 0.717) is 25.7 Å². The highest BCUT2D eigenvalue weighted by molar-refractivity contribution is 5.91. The molecule has 2 aromatic rings. The molecular weight excluding hydrogens is 506 g/mol. The molecule has 1 N–H and O–H groups in total. The van der Waals surface area contributed by atoms with Crippen molar-refractivity contribution in [2.75, 3.05) is 13.2 Å². The van der Waals surface area contributed by atoms with Crippen molar-refractivity contribution in [3.8, 4) is 0 Å². The smallest absolute Gasteiger partial charge is 0.412 e. The zero-order chi connectivity index (χ0) is 28.6. The van der Waals surface area contributed by atoms with Crippen LogP contribution in [0, 0.1) is 11.6 Å². The van der Waals surface area contributed by atoms with Gasteiger partial charge in [-0.2, -0.15) is 0 Å². The first kappa shape index (κ1) is 30.1. The Morgan fingerprint density at radius 2 is 1.54 bits per heavy atom. The van der Waals surface area contributed by atoms with Crippen LogP contribution in [0.1, 0.15) is 83.3 Å². The predicted octanol–water partition coefficient (Wildman–Crippen LogP) is 6.06. The highest BCUT2D eigenvalue weighted by atomic mass is 19.1. The van der Waals surface area contributed by atoms with Gasteiger partial charge in [0, 0.05) is 25.3 Å². The first-order chi connectivity index (χ1) is 18.4. The summed E-state index contributed by atoms with van der Waals surface area (Å²) in [6, 6.07) is 12.4. The number of hydrogen-bond donors (Lipinski definition) is 1. The van der Waals surface area contributed by atoms with E-state index in [1.54, 1.807) is 52.0 Å². The lowest BCUT2D eigenvalue weighted by atomic mass is 9.87. The second-order valence-electron chi connectivity index (χ2n) is 10.8. The van der Waals surface area contributed by atoms with E-state index in [2.05, 4.69) is 5.32 Å². The molecule has 3 rings (SSSR count). The van der Waals surface area contributed by atoms with E-state index in [-0.39, 0.29) is 49.5 Å². The number of rotatable bonds is 10. The van der Waals surface area contributed by atoms with E-state index in [4.69, 9.17) is 9.47 Å². The molecule has 0 unspecified atom stereocenters. The fourth-order valence-electron chi connectivity index (χ4n) is 4.87. The van der Waals surface area contributed by atoms with Crippen LogP contribution in [-0.2, 0) is 19.1 Å². The molecule has 0 saturated carbocycles. The van der Waals surface area contributed by atoms with Crippen molar-refractivity contribution in [2.45, 2.75) is 83.4 Å². The molecule has 1 fully saturated rings. The Hall–Kier alpha value is -3.49. The molecule has 9 heteroatoms. The second-order valence-corrected chi connectivity index (χ2v) is 10.8. The highest BCUT2D eigenvalue weighted by Gasteiger charge is 2.53. The Morgan fingerprint density at radius 1 is 0.974 bits per heavy atom. The van der Waals surface area contributed by atoms with Crippen molar-refractivity contribution >= 4 is 18.0 Å². The summed E-state index contributed by atoms with van der Waals surface area (Å²) in [6.07, 6.45) is 1.99. The Labute approximate surface area is 228 Å². The molecule has 1 aliphatic rings. The number of esters is 1. The Morgan fingerprint density at radius 3 is 2.05 bits per heavy atom. The van der Waals surface area contributed by atoms with Crippen LogP contribution >= 0.6 is 0 Å². The highest BCUT2D eigenvalue weighted by Crippen LogP contribution is 2.32. The number of carbonyl (C=O) groups excluding carboxylic acids is 3. The fourth-order valence-corrected chi connectivity index (χ4v) is 4.87. The van der Waals surface area contributed by atoms with Crippen LogP contribution in [0.4, 0.5) is 13.6 Å². The summed E-state index contributed by atoms with van der Waals surface area (Å²) < 4.78 is 37.8.